The maximum absolute atomic E-state index is 5.16. The van der Waals surface area contributed by atoms with Crippen molar-refractivity contribution in [3.05, 3.63) is 182 Å². The highest BCUT2D eigenvalue weighted by Crippen LogP contribution is 2.47. The van der Waals surface area contributed by atoms with Crippen molar-refractivity contribution in [1.82, 2.24) is 19.1 Å². The van der Waals surface area contributed by atoms with Crippen molar-refractivity contribution < 1.29 is 0 Å². The van der Waals surface area contributed by atoms with Crippen LogP contribution in [-0.4, -0.2) is 19.1 Å². The normalized spacial score (nSPS) is 12.1. The quantitative estimate of drug-likeness (QED) is 0.185. The van der Waals surface area contributed by atoms with Gasteiger partial charge in [-0.15, -0.1) is 0 Å². The molecule has 0 unspecified atom stereocenters. The van der Waals surface area contributed by atoms with E-state index in [9.17, 15) is 0 Å². The lowest BCUT2D eigenvalue weighted by Crippen LogP contribution is -1.93. The zero-order valence-corrected chi connectivity index (χ0v) is 29.1. The maximum atomic E-state index is 5.16. The Morgan fingerprint density at radius 3 is 1.50 bits per heavy atom. The highest BCUT2D eigenvalue weighted by Gasteiger charge is 2.24. The van der Waals surface area contributed by atoms with Crippen molar-refractivity contribution in [3.63, 3.8) is 0 Å². The van der Waals surface area contributed by atoms with E-state index in [0.717, 1.165) is 39.2 Å². The largest absolute Gasteiger partial charge is 0.309 e. The second-order valence-corrected chi connectivity index (χ2v) is 14.2. The van der Waals surface area contributed by atoms with Gasteiger partial charge in [-0.05, 0) is 112 Å². The van der Waals surface area contributed by atoms with E-state index in [1.807, 2.05) is 6.20 Å². The van der Waals surface area contributed by atoms with Gasteiger partial charge < -0.3 is 9.13 Å². The standard InChI is InChI=1S/C50H30N4/c1-3-11-34(12-4-1)53-45-18-10-9-17-38(45)40-27-31(19-22-46(40)53)32-20-23-47-41(28-32)42-29-33(21-24-48(42)54(47)35-13-5-2-6-14-35)44-30-43-37-16-8-7-15-36(37)39-25-26-51-50(52-44)49(39)43/h1-30H. The summed E-state index contributed by atoms with van der Waals surface area (Å²) in [7, 11) is 0. The van der Waals surface area contributed by atoms with Crippen LogP contribution in [0.25, 0.3) is 111 Å². The molecule has 1 aliphatic carbocycles. The third-order valence-corrected chi connectivity index (χ3v) is 11.3. The van der Waals surface area contributed by atoms with Crippen LogP contribution in [0.1, 0.15) is 0 Å². The Morgan fingerprint density at radius 1 is 0.352 bits per heavy atom. The van der Waals surface area contributed by atoms with E-state index in [0.29, 0.717) is 0 Å². The summed E-state index contributed by atoms with van der Waals surface area (Å²) >= 11 is 0. The van der Waals surface area contributed by atoms with Crippen LogP contribution in [0, 0.1) is 0 Å². The molecule has 4 nitrogen and oxygen atoms in total. The van der Waals surface area contributed by atoms with Gasteiger partial charge in [-0.3, -0.25) is 0 Å². The third kappa shape index (κ3) is 4.13. The fourth-order valence-corrected chi connectivity index (χ4v) is 8.92. The Labute approximate surface area is 310 Å². The summed E-state index contributed by atoms with van der Waals surface area (Å²) in [5.74, 6) is 0. The molecule has 7 aromatic carbocycles. The van der Waals surface area contributed by atoms with Crippen LogP contribution in [0.5, 0.6) is 0 Å². The number of rotatable bonds is 4. The molecule has 0 bridgehead atoms. The third-order valence-electron chi connectivity index (χ3n) is 11.3. The minimum Gasteiger partial charge on any atom is -0.309 e. The molecule has 4 aromatic heterocycles. The molecule has 54 heavy (non-hydrogen) atoms. The predicted molar refractivity (Wildman–Crippen MR) is 224 cm³/mol. The van der Waals surface area contributed by atoms with Crippen molar-refractivity contribution in [3.8, 4) is 56.0 Å². The fraction of sp³-hybridized carbons (Fsp3) is 0. The summed E-state index contributed by atoms with van der Waals surface area (Å²) in [6, 6.07) is 63.6. The average molecular weight is 687 g/mol. The maximum Gasteiger partial charge on any atom is 0.161 e. The van der Waals surface area contributed by atoms with E-state index in [1.165, 1.54) is 71.5 Å². The summed E-state index contributed by atoms with van der Waals surface area (Å²) in [6.45, 7) is 0. The van der Waals surface area contributed by atoms with Gasteiger partial charge in [0.25, 0.3) is 0 Å². The van der Waals surface area contributed by atoms with Gasteiger partial charge in [0.05, 0.1) is 27.8 Å². The number of fused-ring (bicyclic) bond motifs is 9. The number of pyridine rings is 2. The minimum absolute atomic E-state index is 0.786. The topological polar surface area (TPSA) is 35.6 Å². The number of para-hydroxylation sites is 3. The summed E-state index contributed by atoms with van der Waals surface area (Å²) < 4.78 is 4.75. The number of benzene rings is 7. The summed E-state index contributed by atoms with van der Waals surface area (Å²) in [5, 5.41) is 6.03. The van der Waals surface area contributed by atoms with E-state index in [-0.39, 0.29) is 0 Å². The fourth-order valence-electron chi connectivity index (χ4n) is 8.92. The Kier molecular flexibility index (Phi) is 6.02. The van der Waals surface area contributed by atoms with E-state index in [4.69, 9.17) is 9.97 Å². The Morgan fingerprint density at radius 2 is 0.852 bits per heavy atom. The van der Waals surface area contributed by atoms with Crippen LogP contribution in [0.3, 0.4) is 0 Å². The molecule has 11 aromatic rings. The van der Waals surface area contributed by atoms with Gasteiger partial charge in [-0.2, -0.15) is 0 Å². The molecule has 0 saturated heterocycles. The Bertz CT molecular complexity index is 3320. The molecule has 12 rings (SSSR count). The van der Waals surface area contributed by atoms with E-state index < -0.39 is 0 Å². The average Bonchev–Trinajstić information content (AvgIpc) is 3.87. The van der Waals surface area contributed by atoms with Gasteiger partial charge >= 0.3 is 0 Å². The van der Waals surface area contributed by atoms with Crippen LogP contribution in [-0.2, 0) is 0 Å². The number of hydrogen-bond donors (Lipinski definition) is 0. The number of nitrogens with zero attached hydrogens (tertiary/aromatic N) is 4. The molecule has 0 atom stereocenters. The zero-order valence-electron chi connectivity index (χ0n) is 29.1. The first kappa shape index (κ1) is 29.3. The molecule has 0 amide bonds. The summed E-state index contributed by atoms with van der Waals surface area (Å²) in [6.07, 6.45) is 1.88. The molecule has 0 spiro atoms. The summed E-state index contributed by atoms with van der Waals surface area (Å²) in [4.78, 5) is 9.92. The molecule has 0 N–H and O–H groups in total. The van der Waals surface area contributed by atoms with Gasteiger partial charge in [0.2, 0.25) is 0 Å². The molecule has 0 fully saturated rings. The molecule has 4 heteroatoms. The van der Waals surface area contributed by atoms with Gasteiger partial charge in [0, 0.05) is 50.1 Å². The lowest BCUT2D eigenvalue weighted by Gasteiger charge is -2.09. The lowest BCUT2D eigenvalue weighted by molar-refractivity contribution is 1.18. The molecule has 250 valence electrons. The molecule has 0 aliphatic heterocycles. The Hall–Kier alpha value is -7.30. The highest BCUT2D eigenvalue weighted by atomic mass is 15.0. The zero-order chi connectivity index (χ0) is 35.3. The van der Waals surface area contributed by atoms with Crippen molar-refractivity contribution in [1.29, 1.82) is 0 Å². The molecule has 4 heterocycles. The monoisotopic (exact) mass is 686 g/mol. The van der Waals surface area contributed by atoms with Crippen molar-refractivity contribution in [2.45, 2.75) is 0 Å². The highest BCUT2D eigenvalue weighted by molar-refractivity contribution is 6.15. The first-order valence-corrected chi connectivity index (χ1v) is 18.4. The molecule has 0 radical (unpaired) electrons. The van der Waals surface area contributed by atoms with Gasteiger partial charge in [-0.25, -0.2) is 9.97 Å². The van der Waals surface area contributed by atoms with Gasteiger partial charge in [0.1, 0.15) is 0 Å². The van der Waals surface area contributed by atoms with Crippen LogP contribution in [0.2, 0.25) is 0 Å². The van der Waals surface area contributed by atoms with E-state index in [2.05, 4.69) is 185 Å². The number of hydrogen-bond acceptors (Lipinski definition) is 2. The van der Waals surface area contributed by atoms with Crippen LogP contribution < -0.4 is 0 Å². The van der Waals surface area contributed by atoms with E-state index in [1.54, 1.807) is 0 Å². The SMILES string of the molecule is c1ccc(-n2c3ccccc3c3cc(-c4ccc5c(c4)c4cc(-c6cc7c8c(ccnc8n6)-c6ccccc6-7)ccc4n5-c4ccccc4)ccc32)cc1. The molecular weight excluding hydrogens is 657 g/mol. The van der Waals surface area contributed by atoms with Crippen LogP contribution in [0.15, 0.2) is 182 Å². The summed E-state index contributed by atoms with van der Waals surface area (Å²) in [5.41, 5.74) is 17.1. The van der Waals surface area contributed by atoms with Crippen molar-refractivity contribution in [2.24, 2.45) is 0 Å². The number of aromatic nitrogens is 4. The Balaban J connectivity index is 1.07. The smallest absolute Gasteiger partial charge is 0.161 e. The van der Waals surface area contributed by atoms with Crippen LogP contribution in [0.4, 0.5) is 0 Å². The molecule has 0 saturated carbocycles. The first-order valence-electron chi connectivity index (χ1n) is 18.4. The van der Waals surface area contributed by atoms with Crippen LogP contribution >= 0.6 is 0 Å². The molecular formula is C50H30N4. The molecule has 1 aliphatic rings. The van der Waals surface area contributed by atoms with E-state index >= 15 is 0 Å². The van der Waals surface area contributed by atoms with Crippen molar-refractivity contribution in [2.75, 3.05) is 0 Å². The lowest BCUT2D eigenvalue weighted by atomic mass is 9.99. The van der Waals surface area contributed by atoms with Gasteiger partial charge in [-0.1, -0.05) is 97.1 Å². The van der Waals surface area contributed by atoms with Crippen molar-refractivity contribution >= 4 is 54.6 Å². The second kappa shape index (κ2) is 11.1. The first-order chi connectivity index (χ1) is 26.8. The predicted octanol–water partition coefficient (Wildman–Crippen LogP) is 12.8. The second-order valence-electron chi connectivity index (χ2n) is 14.2. The van der Waals surface area contributed by atoms with Gasteiger partial charge in [0.15, 0.2) is 5.65 Å². The minimum atomic E-state index is 0.786.